The van der Waals surface area contributed by atoms with Gasteiger partial charge < -0.3 is 9.80 Å². The maximum atomic E-state index is 12.5. The zero-order valence-electron chi connectivity index (χ0n) is 14.9. The number of nitrogens with zero attached hydrogens (tertiary/aromatic N) is 4. The van der Waals surface area contributed by atoms with E-state index < -0.39 is 0 Å². The van der Waals surface area contributed by atoms with Crippen molar-refractivity contribution in [1.82, 2.24) is 19.7 Å². The highest BCUT2D eigenvalue weighted by atomic mass is 16.2. The lowest BCUT2D eigenvalue weighted by Crippen LogP contribution is -2.48. The van der Waals surface area contributed by atoms with Crippen LogP contribution in [0, 0.1) is 0 Å². The SMILES string of the molecule is CN1CCCC[C@@H]1CCC(=O)N1CCN(Cc2cccnc2)CC1. The molecule has 0 unspecified atom stereocenters. The summed E-state index contributed by atoms with van der Waals surface area (Å²) in [5.41, 5.74) is 1.25. The summed E-state index contributed by atoms with van der Waals surface area (Å²) in [5.74, 6) is 0.343. The van der Waals surface area contributed by atoms with Crippen LogP contribution in [0.3, 0.4) is 0 Å². The van der Waals surface area contributed by atoms with Crippen LogP contribution in [0.25, 0.3) is 0 Å². The highest BCUT2D eigenvalue weighted by Crippen LogP contribution is 2.19. The lowest BCUT2D eigenvalue weighted by molar-refractivity contribution is -0.133. The maximum absolute atomic E-state index is 12.5. The number of hydrogen-bond donors (Lipinski definition) is 0. The van der Waals surface area contributed by atoms with E-state index in [1.54, 1.807) is 0 Å². The molecule has 24 heavy (non-hydrogen) atoms. The fraction of sp³-hybridized carbons (Fsp3) is 0.684. The summed E-state index contributed by atoms with van der Waals surface area (Å²) in [6.45, 7) is 5.77. The number of rotatable bonds is 5. The van der Waals surface area contributed by atoms with E-state index in [9.17, 15) is 4.79 Å². The van der Waals surface area contributed by atoms with Gasteiger partial charge in [0, 0.05) is 57.6 Å². The van der Waals surface area contributed by atoms with Crippen molar-refractivity contribution in [3.8, 4) is 0 Å². The molecule has 3 heterocycles. The summed E-state index contributed by atoms with van der Waals surface area (Å²) in [6, 6.07) is 4.71. The molecule has 1 aromatic heterocycles. The van der Waals surface area contributed by atoms with Crippen LogP contribution in [-0.4, -0.2) is 71.4 Å². The maximum Gasteiger partial charge on any atom is 0.222 e. The van der Waals surface area contributed by atoms with E-state index in [2.05, 4.69) is 32.8 Å². The number of piperidine rings is 1. The largest absolute Gasteiger partial charge is 0.340 e. The Kier molecular flexibility index (Phi) is 6.21. The molecule has 1 amide bonds. The zero-order chi connectivity index (χ0) is 16.8. The molecule has 0 spiro atoms. The van der Waals surface area contributed by atoms with Crippen molar-refractivity contribution in [2.75, 3.05) is 39.8 Å². The first-order valence-corrected chi connectivity index (χ1v) is 9.31. The number of carbonyl (C=O) groups excluding carboxylic acids is 1. The Bertz CT molecular complexity index is 513. The molecule has 132 valence electrons. The van der Waals surface area contributed by atoms with Gasteiger partial charge in [-0.2, -0.15) is 0 Å². The molecule has 0 bridgehead atoms. The van der Waals surface area contributed by atoms with E-state index in [0.717, 1.165) is 39.1 Å². The first-order valence-electron chi connectivity index (χ1n) is 9.31. The number of likely N-dealkylation sites (tertiary alicyclic amines) is 1. The fourth-order valence-corrected chi connectivity index (χ4v) is 3.86. The van der Waals surface area contributed by atoms with Crippen LogP contribution in [0.4, 0.5) is 0 Å². The molecule has 0 radical (unpaired) electrons. The number of piperazine rings is 1. The third kappa shape index (κ3) is 4.77. The van der Waals surface area contributed by atoms with E-state index in [-0.39, 0.29) is 0 Å². The molecule has 3 rings (SSSR count). The first kappa shape index (κ1) is 17.4. The van der Waals surface area contributed by atoms with Gasteiger partial charge in [-0.1, -0.05) is 12.5 Å². The van der Waals surface area contributed by atoms with Crippen molar-refractivity contribution in [1.29, 1.82) is 0 Å². The topological polar surface area (TPSA) is 39.7 Å². The van der Waals surface area contributed by atoms with E-state index in [0.29, 0.717) is 18.4 Å². The minimum absolute atomic E-state index is 0.343. The van der Waals surface area contributed by atoms with Gasteiger partial charge in [0.05, 0.1) is 0 Å². The van der Waals surface area contributed by atoms with E-state index in [4.69, 9.17) is 0 Å². The highest BCUT2D eigenvalue weighted by molar-refractivity contribution is 5.76. The van der Waals surface area contributed by atoms with Gasteiger partial charge in [0.15, 0.2) is 0 Å². The highest BCUT2D eigenvalue weighted by Gasteiger charge is 2.24. The Hall–Kier alpha value is -1.46. The third-order valence-corrected chi connectivity index (χ3v) is 5.47. The summed E-state index contributed by atoms with van der Waals surface area (Å²) < 4.78 is 0. The zero-order valence-corrected chi connectivity index (χ0v) is 14.9. The predicted molar refractivity (Wildman–Crippen MR) is 95.6 cm³/mol. The van der Waals surface area contributed by atoms with Crippen LogP contribution < -0.4 is 0 Å². The molecule has 2 fully saturated rings. The van der Waals surface area contributed by atoms with Crippen LogP contribution in [-0.2, 0) is 11.3 Å². The molecular formula is C19H30N4O. The van der Waals surface area contributed by atoms with Crippen molar-refractivity contribution in [2.45, 2.75) is 44.7 Å². The molecule has 0 saturated carbocycles. The Balaban J connectivity index is 1.38. The molecule has 5 nitrogen and oxygen atoms in total. The summed E-state index contributed by atoms with van der Waals surface area (Å²) in [4.78, 5) is 23.6. The summed E-state index contributed by atoms with van der Waals surface area (Å²) in [6.07, 6.45) is 9.34. The van der Waals surface area contributed by atoms with Gasteiger partial charge in [0.1, 0.15) is 0 Å². The summed E-state index contributed by atoms with van der Waals surface area (Å²) >= 11 is 0. The Morgan fingerprint density at radius 3 is 2.75 bits per heavy atom. The molecule has 2 aliphatic heterocycles. The quantitative estimate of drug-likeness (QED) is 0.828. The van der Waals surface area contributed by atoms with E-state index >= 15 is 0 Å². The van der Waals surface area contributed by atoms with Crippen LogP contribution in [0.2, 0.25) is 0 Å². The second-order valence-electron chi connectivity index (χ2n) is 7.19. The smallest absolute Gasteiger partial charge is 0.222 e. The van der Waals surface area contributed by atoms with Gasteiger partial charge >= 0.3 is 0 Å². The second kappa shape index (κ2) is 8.58. The molecule has 2 saturated heterocycles. The molecule has 2 aliphatic rings. The van der Waals surface area contributed by atoms with Gasteiger partial charge in [-0.25, -0.2) is 0 Å². The van der Waals surface area contributed by atoms with E-state index in [1.807, 2.05) is 18.5 Å². The third-order valence-electron chi connectivity index (χ3n) is 5.47. The van der Waals surface area contributed by atoms with Crippen LogP contribution in [0.1, 0.15) is 37.7 Å². The average Bonchev–Trinajstić information content (AvgIpc) is 2.62. The molecule has 1 atom stereocenters. The monoisotopic (exact) mass is 330 g/mol. The second-order valence-corrected chi connectivity index (χ2v) is 7.19. The summed E-state index contributed by atoms with van der Waals surface area (Å²) in [7, 11) is 2.20. The molecule has 0 aromatic carbocycles. The van der Waals surface area contributed by atoms with Crippen LogP contribution >= 0.6 is 0 Å². The van der Waals surface area contributed by atoms with Gasteiger partial charge in [-0.3, -0.25) is 14.7 Å². The summed E-state index contributed by atoms with van der Waals surface area (Å²) in [5, 5.41) is 0. The standard InChI is InChI=1S/C19H30N4O/c1-21-10-3-2-6-18(21)7-8-19(24)23-13-11-22(12-14-23)16-17-5-4-9-20-15-17/h4-5,9,15,18H,2-3,6-8,10-14,16H2,1H3/t18-/m1/s1. The van der Waals surface area contributed by atoms with E-state index in [1.165, 1.54) is 31.4 Å². The molecule has 0 aliphatic carbocycles. The fourth-order valence-electron chi connectivity index (χ4n) is 3.86. The lowest BCUT2D eigenvalue weighted by Gasteiger charge is -2.36. The first-order chi connectivity index (χ1) is 11.7. The molecule has 1 aromatic rings. The number of carbonyl (C=O) groups is 1. The Labute approximate surface area is 145 Å². The average molecular weight is 330 g/mol. The minimum atomic E-state index is 0.343. The lowest BCUT2D eigenvalue weighted by atomic mass is 9.98. The van der Waals surface area contributed by atoms with Gasteiger partial charge in [-0.05, 0) is 44.5 Å². The normalized spacial score (nSPS) is 23.4. The van der Waals surface area contributed by atoms with Crippen molar-refractivity contribution in [3.63, 3.8) is 0 Å². The van der Waals surface area contributed by atoms with Gasteiger partial charge in [0.25, 0.3) is 0 Å². The number of pyridine rings is 1. The Morgan fingerprint density at radius 2 is 2.04 bits per heavy atom. The van der Waals surface area contributed by atoms with Gasteiger partial charge in [0.2, 0.25) is 5.91 Å². The van der Waals surface area contributed by atoms with Crippen molar-refractivity contribution >= 4 is 5.91 Å². The number of aromatic nitrogens is 1. The number of amides is 1. The Morgan fingerprint density at radius 1 is 1.21 bits per heavy atom. The molecule has 5 heteroatoms. The van der Waals surface area contributed by atoms with Crippen molar-refractivity contribution in [2.24, 2.45) is 0 Å². The van der Waals surface area contributed by atoms with Gasteiger partial charge in [-0.15, -0.1) is 0 Å². The number of hydrogen-bond acceptors (Lipinski definition) is 4. The molecular weight excluding hydrogens is 300 g/mol. The minimum Gasteiger partial charge on any atom is -0.340 e. The van der Waals surface area contributed by atoms with Crippen LogP contribution in [0.15, 0.2) is 24.5 Å². The molecule has 0 N–H and O–H groups in total. The van der Waals surface area contributed by atoms with Crippen molar-refractivity contribution in [3.05, 3.63) is 30.1 Å². The predicted octanol–water partition coefficient (Wildman–Crippen LogP) is 1.99. The van der Waals surface area contributed by atoms with Crippen LogP contribution in [0.5, 0.6) is 0 Å². The van der Waals surface area contributed by atoms with Crippen molar-refractivity contribution < 1.29 is 4.79 Å².